The number of fused-ring (bicyclic) bond motifs is 1. The molecule has 0 fully saturated rings. The van der Waals surface area contributed by atoms with E-state index in [0.717, 1.165) is 0 Å². The van der Waals surface area contributed by atoms with Crippen LogP contribution in [0, 0.1) is 18.7 Å². The molecule has 0 aliphatic carbocycles. The third kappa shape index (κ3) is 3.75. The van der Waals surface area contributed by atoms with E-state index in [-0.39, 0.29) is 17.2 Å². The Morgan fingerprint density at radius 2 is 1.81 bits per heavy atom. The van der Waals surface area contributed by atoms with Gasteiger partial charge in [0.25, 0.3) is 0 Å². The molecule has 140 valence electrons. The zero-order valence-electron chi connectivity index (χ0n) is 15.4. The Labute approximate surface area is 155 Å². The summed E-state index contributed by atoms with van der Waals surface area (Å²) < 4.78 is 24.3. The van der Waals surface area contributed by atoms with Crippen molar-refractivity contribution in [3.05, 3.63) is 64.3 Å². The van der Waals surface area contributed by atoms with Crippen LogP contribution < -0.4 is 15.9 Å². The Morgan fingerprint density at radius 3 is 2.44 bits per heavy atom. The van der Waals surface area contributed by atoms with Crippen LogP contribution in [0.3, 0.4) is 0 Å². The van der Waals surface area contributed by atoms with Crippen LogP contribution in [0.5, 0.6) is 5.75 Å². The van der Waals surface area contributed by atoms with E-state index in [1.807, 2.05) is 13.8 Å². The zero-order chi connectivity index (χ0) is 19.7. The second kappa shape index (κ2) is 7.32. The molecule has 0 saturated heterocycles. The maximum atomic E-state index is 13.2. The SMILES string of the molecule is Cc1oc2cc(OC(=O)[C@H]([NH3+])C(C)C)ccc2c(=O)c1-c1ccc(F)cc1. The van der Waals surface area contributed by atoms with Gasteiger partial charge >= 0.3 is 5.97 Å². The van der Waals surface area contributed by atoms with E-state index in [1.165, 1.54) is 30.3 Å². The molecule has 3 rings (SSSR count). The molecule has 0 saturated carbocycles. The summed E-state index contributed by atoms with van der Waals surface area (Å²) in [7, 11) is 0. The lowest BCUT2D eigenvalue weighted by molar-refractivity contribution is -0.417. The van der Waals surface area contributed by atoms with Gasteiger partial charge in [-0.2, -0.15) is 0 Å². The van der Waals surface area contributed by atoms with Crippen LogP contribution in [0.4, 0.5) is 4.39 Å². The zero-order valence-corrected chi connectivity index (χ0v) is 15.4. The highest BCUT2D eigenvalue weighted by Crippen LogP contribution is 2.26. The molecule has 5 nitrogen and oxygen atoms in total. The first-order chi connectivity index (χ1) is 12.8. The molecule has 0 unspecified atom stereocenters. The monoisotopic (exact) mass is 370 g/mol. The minimum atomic E-state index is -0.490. The van der Waals surface area contributed by atoms with Gasteiger partial charge in [-0.15, -0.1) is 0 Å². The summed E-state index contributed by atoms with van der Waals surface area (Å²) >= 11 is 0. The van der Waals surface area contributed by atoms with Gasteiger partial charge in [0, 0.05) is 12.0 Å². The minimum absolute atomic E-state index is 0.0522. The highest BCUT2D eigenvalue weighted by atomic mass is 19.1. The Morgan fingerprint density at radius 1 is 1.15 bits per heavy atom. The highest BCUT2D eigenvalue weighted by molar-refractivity contribution is 5.85. The number of benzene rings is 2. The van der Waals surface area contributed by atoms with E-state index in [1.54, 1.807) is 19.1 Å². The summed E-state index contributed by atoms with van der Waals surface area (Å²) in [6.45, 7) is 5.44. The standard InChI is InChI=1S/C21H20FNO4/c1-11(2)19(23)21(25)27-15-8-9-16-17(10-15)26-12(3)18(20(16)24)13-4-6-14(22)7-5-13/h4-11,19H,23H2,1-3H3/p+1/t19-/m1/s1. The molecular weight excluding hydrogens is 349 g/mol. The normalized spacial score (nSPS) is 12.4. The van der Waals surface area contributed by atoms with Crippen LogP contribution in [-0.4, -0.2) is 12.0 Å². The summed E-state index contributed by atoms with van der Waals surface area (Å²) in [4.78, 5) is 25.0. The largest absolute Gasteiger partial charge is 0.460 e. The Hall–Kier alpha value is -2.99. The second-order valence-corrected chi connectivity index (χ2v) is 6.80. The molecule has 6 heteroatoms. The maximum absolute atomic E-state index is 13.2. The van der Waals surface area contributed by atoms with Crippen molar-refractivity contribution >= 4 is 16.9 Å². The number of aryl methyl sites for hydroxylation is 1. The van der Waals surface area contributed by atoms with Crippen LogP contribution in [0.25, 0.3) is 22.1 Å². The van der Waals surface area contributed by atoms with Gasteiger partial charge in [-0.1, -0.05) is 26.0 Å². The van der Waals surface area contributed by atoms with Crippen LogP contribution in [0.2, 0.25) is 0 Å². The number of quaternary nitrogens is 1. The number of halogens is 1. The van der Waals surface area contributed by atoms with Gasteiger partial charge in [0.1, 0.15) is 22.9 Å². The molecule has 0 aliphatic rings. The third-order valence-electron chi connectivity index (χ3n) is 4.50. The van der Waals surface area contributed by atoms with Crippen molar-refractivity contribution in [3.8, 4) is 16.9 Å². The Balaban J connectivity index is 2.02. The first kappa shape index (κ1) is 18.8. The van der Waals surface area contributed by atoms with Crippen LogP contribution in [-0.2, 0) is 4.79 Å². The fourth-order valence-corrected chi connectivity index (χ4v) is 2.76. The van der Waals surface area contributed by atoms with Crippen LogP contribution in [0.1, 0.15) is 19.6 Å². The molecule has 1 atom stereocenters. The van der Waals surface area contributed by atoms with Gasteiger partial charge in [0.15, 0.2) is 6.04 Å². The van der Waals surface area contributed by atoms with Crippen molar-refractivity contribution in [2.45, 2.75) is 26.8 Å². The van der Waals surface area contributed by atoms with E-state index in [2.05, 4.69) is 5.73 Å². The molecule has 0 aliphatic heterocycles. The van der Waals surface area contributed by atoms with Gasteiger partial charge in [-0.05, 0) is 36.8 Å². The predicted molar refractivity (Wildman–Crippen MR) is 99.8 cm³/mol. The highest BCUT2D eigenvalue weighted by Gasteiger charge is 2.24. The van der Waals surface area contributed by atoms with Crippen molar-refractivity contribution in [1.82, 2.24) is 0 Å². The number of carbonyl (C=O) groups excluding carboxylic acids is 1. The minimum Gasteiger partial charge on any atom is -0.460 e. The molecule has 0 radical (unpaired) electrons. The molecule has 3 aromatic rings. The number of carbonyl (C=O) groups is 1. The van der Waals surface area contributed by atoms with Crippen LogP contribution >= 0.6 is 0 Å². The Kier molecular flexibility index (Phi) is 5.10. The second-order valence-electron chi connectivity index (χ2n) is 6.80. The summed E-state index contributed by atoms with van der Waals surface area (Å²) in [5.74, 6) is -0.0698. The fourth-order valence-electron chi connectivity index (χ4n) is 2.76. The van der Waals surface area contributed by atoms with E-state index in [0.29, 0.717) is 33.6 Å². The first-order valence-corrected chi connectivity index (χ1v) is 8.66. The number of rotatable bonds is 4. The number of hydrogen-bond acceptors (Lipinski definition) is 4. The van der Waals surface area contributed by atoms with E-state index in [9.17, 15) is 14.0 Å². The number of ether oxygens (including phenoxy) is 1. The van der Waals surface area contributed by atoms with Gasteiger partial charge in [-0.25, -0.2) is 9.18 Å². The molecule has 1 heterocycles. The third-order valence-corrected chi connectivity index (χ3v) is 4.50. The summed E-state index contributed by atoms with van der Waals surface area (Å²) in [6, 6.07) is 9.81. The summed E-state index contributed by atoms with van der Waals surface area (Å²) in [5.41, 5.74) is 4.85. The molecule has 3 N–H and O–H groups in total. The van der Waals surface area contributed by atoms with Crippen molar-refractivity contribution in [2.24, 2.45) is 5.92 Å². The van der Waals surface area contributed by atoms with Gasteiger partial charge in [-0.3, -0.25) is 4.79 Å². The molecule has 1 aromatic heterocycles. The van der Waals surface area contributed by atoms with Gasteiger partial charge in [0.05, 0.1) is 10.9 Å². The smallest absolute Gasteiger partial charge is 0.370 e. The molecular formula is C21H21FNO4+. The van der Waals surface area contributed by atoms with E-state index in [4.69, 9.17) is 9.15 Å². The van der Waals surface area contributed by atoms with E-state index < -0.39 is 12.0 Å². The average molecular weight is 370 g/mol. The van der Waals surface area contributed by atoms with Crippen molar-refractivity contribution < 1.29 is 24.1 Å². The molecule has 0 amide bonds. The van der Waals surface area contributed by atoms with Gasteiger partial charge < -0.3 is 14.9 Å². The number of hydrogen-bond donors (Lipinski definition) is 1. The van der Waals surface area contributed by atoms with Crippen molar-refractivity contribution in [2.75, 3.05) is 0 Å². The summed E-state index contributed by atoms with van der Waals surface area (Å²) in [6.07, 6.45) is 0. The van der Waals surface area contributed by atoms with Crippen LogP contribution in [0.15, 0.2) is 51.7 Å². The predicted octanol–water partition coefficient (Wildman–Crippen LogP) is 3.08. The van der Waals surface area contributed by atoms with Gasteiger partial charge in [0.2, 0.25) is 5.43 Å². The number of esters is 1. The van der Waals surface area contributed by atoms with E-state index >= 15 is 0 Å². The molecule has 0 spiro atoms. The molecule has 2 aromatic carbocycles. The first-order valence-electron chi connectivity index (χ1n) is 8.66. The molecule has 0 bridgehead atoms. The topological polar surface area (TPSA) is 84.2 Å². The van der Waals surface area contributed by atoms with Crippen molar-refractivity contribution in [3.63, 3.8) is 0 Å². The van der Waals surface area contributed by atoms with Crippen molar-refractivity contribution in [1.29, 1.82) is 0 Å². The average Bonchev–Trinajstić information content (AvgIpc) is 2.62. The lowest BCUT2D eigenvalue weighted by Crippen LogP contribution is -2.68. The lowest BCUT2D eigenvalue weighted by Gasteiger charge is -2.12. The maximum Gasteiger partial charge on any atom is 0.370 e. The lowest BCUT2D eigenvalue weighted by atomic mass is 10.0. The summed E-state index contributed by atoms with van der Waals surface area (Å²) in [5, 5.41) is 0.356. The quantitative estimate of drug-likeness (QED) is 0.565. The molecule has 27 heavy (non-hydrogen) atoms. The fraction of sp³-hybridized carbons (Fsp3) is 0.238. The Bertz CT molecular complexity index is 1050.